The van der Waals surface area contributed by atoms with Gasteiger partial charge in [0.15, 0.2) is 0 Å². The monoisotopic (exact) mass is 264 g/mol. The van der Waals surface area contributed by atoms with Crippen molar-refractivity contribution in [3.8, 4) is 0 Å². The Hall–Kier alpha value is -1.62. The first-order valence-corrected chi connectivity index (χ1v) is 7.19. The molecule has 1 N–H and O–H groups in total. The Morgan fingerprint density at radius 1 is 1.39 bits per heavy atom. The van der Waals surface area contributed by atoms with Crippen LogP contribution in [0.1, 0.15) is 18.9 Å². The van der Waals surface area contributed by atoms with Crippen LogP contribution >= 0.6 is 0 Å². The molecule has 4 nitrogen and oxygen atoms in total. The minimum atomic E-state index is -3.56. The van der Waals surface area contributed by atoms with Crippen LogP contribution in [0.15, 0.2) is 46.4 Å². The fourth-order valence-electron chi connectivity index (χ4n) is 1.63. The molecule has 1 atom stereocenters. The third kappa shape index (κ3) is 2.79. The Bertz CT molecular complexity index is 600. The molecular formula is C13H16N2O2S. The molecule has 18 heavy (non-hydrogen) atoms. The largest absolute Gasteiger partial charge is 0.276 e. The molecule has 1 unspecified atom stereocenters. The first-order chi connectivity index (χ1) is 8.40. The number of benzene rings is 1. The maximum atomic E-state index is 11.9. The van der Waals surface area contributed by atoms with E-state index in [1.165, 1.54) is 0 Å². The number of nitrogens with one attached hydrogen (secondary N) is 1. The van der Waals surface area contributed by atoms with Crippen LogP contribution in [0, 0.1) is 12.8 Å². The second-order valence-electron chi connectivity index (χ2n) is 4.58. The lowest BCUT2D eigenvalue weighted by atomic mass is 10.2. The molecule has 0 aliphatic heterocycles. The lowest BCUT2D eigenvalue weighted by Gasteiger charge is -2.04. The van der Waals surface area contributed by atoms with Gasteiger partial charge in [0.25, 0.3) is 10.0 Å². The summed E-state index contributed by atoms with van der Waals surface area (Å²) < 4.78 is 23.9. The molecule has 5 heteroatoms. The van der Waals surface area contributed by atoms with E-state index in [1.807, 2.05) is 6.92 Å². The summed E-state index contributed by atoms with van der Waals surface area (Å²) in [5.41, 5.74) is 2.88. The summed E-state index contributed by atoms with van der Waals surface area (Å²) in [5.74, 6) is 0.241. The molecule has 96 valence electrons. The first-order valence-electron chi connectivity index (χ1n) is 5.70. The highest BCUT2D eigenvalue weighted by Gasteiger charge is 2.30. The molecule has 1 fully saturated rings. The van der Waals surface area contributed by atoms with E-state index >= 15 is 0 Å². The molecule has 1 aliphatic rings. The van der Waals surface area contributed by atoms with Crippen LogP contribution in [0.5, 0.6) is 0 Å². The van der Waals surface area contributed by atoms with Crippen molar-refractivity contribution in [3.05, 3.63) is 42.0 Å². The molecule has 0 bridgehead atoms. The molecule has 0 heterocycles. The van der Waals surface area contributed by atoms with Crippen LogP contribution in [-0.2, 0) is 10.0 Å². The van der Waals surface area contributed by atoms with Crippen LogP contribution in [0.2, 0.25) is 0 Å². The second kappa shape index (κ2) is 4.57. The highest BCUT2D eigenvalue weighted by molar-refractivity contribution is 7.89. The summed E-state index contributed by atoms with van der Waals surface area (Å²) in [7, 11) is -3.56. The minimum Gasteiger partial charge on any atom is -0.200 e. The maximum Gasteiger partial charge on any atom is 0.276 e. The van der Waals surface area contributed by atoms with Gasteiger partial charge in [0.2, 0.25) is 0 Å². The third-order valence-corrected chi connectivity index (χ3v) is 4.20. The van der Waals surface area contributed by atoms with E-state index in [-0.39, 0.29) is 10.8 Å². The van der Waals surface area contributed by atoms with E-state index in [4.69, 9.17) is 0 Å². The van der Waals surface area contributed by atoms with Gasteiger partial charge in [-0.2, -0.15) is 13.5 Å². The topological polar surface area (TPSA) is 58.5 Å². The SMILES string of the molecule is C=C1CC1/C(C)=N/NS(=O)(=O)c1ccc(C)cc1. The zero-order valence-corrected chi connectivity index (χ0v) is 11.3. The fourth-order valence-corrected chi connectivity index (χ4v) is 2.49. The highest BCUT2D eigenvalue weighted by atomic mass is 32.2. The second-order valence-corrected chi connectivity index (χ2v) is 6.24. The Labute approximate surface area is 107 Å². The van der Waals surface area contributed by atoms with Crippen molar-refractivity contribution in [2.45, 2.75) is 25.2 Å². The molecule has 0 radical (unpaired) electrons. The third-order valence-electron chi connectivity index (χ3n) is 2.98. The smallest absolute Gasteiger partial charge is 0.200 e. The van der Waals surface area contributed by atoms with Gasteiger partial charge in [-0.3, -0.25) is 0 Å². The van der Waals surface area contributed by atoms with Gasteiger partial charge in [0.1, 0.15) is 0 Å². The Kier molecular flexibility index (Phi) is 3.26. The number of aryl methyl sites for hydroxylation is 1. The van der Waals surface area contributed by atoms with E-state index in [2.05, 4.69) is 16.5 Å². The maximum absolute atomic E-state index is 11.9. The van der Waals surface area contributed by atoms with Gasteiger partial charge in [-0.15, -0.1) is 0 Å². The van der Waals surface area contributed by atoms with Crippen molar-refractivity contribution < 1.29 is 8.42 Å². The van der Waals surface area contributed by atoms with Gasteiger partial charge in [0, 0.05) is 11.6 Å². The van der Waals surface area contributed by atoms with E-state index in [1.54, 1.807) is 31.2 Å². The summed E-state index contributed by atoms with van der Waals surface area (Å²) >= 11 is 0. The number of hydrogen-bond acceptors (Lipinski definition) is 3. The standard InChI is InChI=1S/C13H16N2O2S/c1-9-4-6-12(7-5-9)18(16,17)15-14-11(3)13-8-10(13)2/h4-7,13,15H,2,8H2,1,3H3/b14-11+. The lowest BCUT2D eigenvalue weighted by Crippen LogP contribution is -2.20. The quantitative estimate of drug-likeness (QED) is 0.515. The average Bonchev–Trinajstić information content (AvgIpc) is 3.04. The number of allylic oxidation sites excluding steroid dienone is 1. The molecule has 1 aromatic carbocycles. The van der Waals surface area contributed by atoms with Crippen molar-refractivity contribution in [1.29, 1.82) is 0 Å². The van der Waals surface area contributed by atoms with Crippen molar-refractivity contribution in [1.82, 2.24) is 4.83 Å². The van der Waals surface area contributed by atoms with Gasteiger partial charge in [-0.25, -0.2) is 4.83 Å². The molecule has 1 saturated carbocycles. The molecule has 0 spiro atoms. The number of nitrogens with zero attached hydrogens (tertiary/aromatic N) is 1. The van der Waals surface area contributed by atoms with Crippen molar-refractivity contribution in [2.75, 3.05) is 0 Å². The van der Waals surface area contributed by atoms with Crippen LogP contribution in [0.4, 0.5) is 0 Å². The van der Waals surface area contributed by atoms with Crippen molar-refractivity contribution in [2.24, 2.45) is 11.0 Å². The Morgan fingerprint density at radius 3 is 2.44 bits per heavy atom. The van der Waals surface area contributed by atoms with Crippen LogP contribution in [0.25, 0.3) is 0 Å². The van der Waals surface area contributed by atoms with E-state index in [9.17, 15) is 8.42 Å². The number of sulfonamides is 1. The van der Waals surface area contributed by atoms with Gasteiger partial charge < -0.3 is 0 Å². The molecule has 1 aromatic rings. The molecule has 0 aromatic heterocycles. The van der Waals surface area contributed by atoms with Crippen molar-refractivity contribution >= 4 is 15.7 Å². The van der Waals surface area contributed by atoms with Gasteiger partial charge in [-0.1, -0.05) is 29.8 Å². The van der Waals surface area contributed by atoms with Crippen molar-refractivity contribution in [3.63, 3.8) is 0 Å². The number of hydrogen-bond donors (Lipinski definition) is 1. The Balaban J connectivity index is 2.12. The summed E-state index contributed by atoms with van der Waals surface area (Å²) in [5, 5.41) is 3.92. The highest BCUT2D eigenvalue weighted by Crippen LogP contribution is 2.36. The van der Waals surface area contributed by atoms with Gasteiger partial charge in [0.05, 0.1) is 4.90 Å². The lowest BCUT2D eigenvalue weighted by molar-refractivity contribution is 0.584. The van der Waals surface area contributed by atoms with Crippen LogP contribution in [0.3, 0.4) is 0 Å². The number of rotatable bonds is 4. The summed E-state index contributed by atoms with van der Waals surface area (Å²) in [4.78, 5) is 2.48. The molecule has 0 amide bonds. The summed E-state index contributed by atoms with van der Waals surface area (Å²) in [6, 6.07) is 6.65. The fraction of sp³-hybridized carbons (Fsp3) is 0.308. The van der Waals surface area contributed by atoms with E-state index in [0.717, 1.165) is 23.3 Å². The zero-order valence-electron chi connectivity index (χ0n) is 10.5. The predicted octanol–water partition coefficient (Wildman–Crippen LogP) is 2.23. The molecular weight excluding hydrogens is 248 g/mol. The number of hydrazone groups is 1. The minimum absolute atomic E-state index is 0.222. The Morgan fingerprint density at radius 2 is 1.94 bits per heavy atom. The van der Waals surface area contributed by atoms with E-state index < -0.39 is 10.0 Å². The van der Waals surface area contributed by atoms with Gasteiger partial charge in [-0.05, 0) is 32.4 Å². The van der Waals surface area contributed by atoms with Crippen LogP contribution < -0.4 is 4.83 Å². The summed E-state index contributed by atoms with van der Waals surface area (Å²) in [6.45, 7) is 7.54. The zero-order chi connectivity index (χ0) is 13.3. The van der Waals surface area contributed by atoms with Crippen LogP contribution in [-0.4, -0.2) is 14.1 Å². The normalized spacial score (nSPS) is 19.8. The van der Waals surface area contributed by atoms with Gasteiger partial charge >= 0.3 is 0 Å². The average molecular weight is 264 g/mol. The predicted molar refractivity (Wildman–Crippen MR) is 71.9 cm³/mol. The van der Waals surface area contributed by atoms with E-state index in [0.29, 0.717) is 0 Å². The molecule has 1 aliphatic carbocycles. The molecule has 2 rings (SSSR count). The first kappa shape index (κ1) is 12.8. The molecule has 0 saturated heterocycles. The summed E-state index contributed by atoms with van der Waals surface area (Å²) in [6.07, 6.45) is 0.904.